The molecule has 2 fully saturated rings. The van der Waals surface area contributed by atoms with Crippen molar-refractivity contribution in [1.82, 2.24) is 20.9 Å². The molecule has 4 N–H and O–H groups in total. The fourth-order valence-corrected chi connectivity index (χ4v) is 5.08. The first-order chi connectivity index (χ1) is 17.0. The first kappa shape index (κ1) is 25.8. The van der Waals surface area contributed by atoms with Gasteiger partial charge >= 0.3 is 0 Å². The molecule has 35 heavy (non-hydrogen) atoms. The monoisotopic (exact) mass is 515 g/mol. The minimum atomic E-state index is -0.0975. The van der Waals surface area contributed by atoms with E-state index < -0.39 is 0 Å². The molecule has 0 saturated carbocycles. The number of rotatable bonds is 8. The smallest absolute Gasteiger partial charge is 0.251 e. The molecule has 2 aromatic carbocycles. The predicted octanol–water partition coefficient (Wildman–Crippen LogP) is 4.66. The van der Waals surface area contributed by atoms with Crippen molar-refractivity contribution in [3.8, 4) is 0 Å². The van der Waals surface area contributed by atoms with Gasteiger partial charge in [-0.1, -0.05) is 35.7 Å². The van der Waals surface area contributed by atoms with Crippen molar-refractivity contribution in [2.24, 2.45) is 0 Å². The van der Waals surface area contributed by atoms with Crippen LogP contribution in [-0.2, 0) is 6.42 Å². The van der Waals surface area contributed by atoms with Crippen LogP contribution in [0.15, 0.2) is 54.4 Å². The Balaban J connectivity index is 1.36. The average Bonchev–Trinajstić information content (AvgIpc) is 2.86. The van der Waals surface area contributed by atoms with E-state index in [9.17, 15) is 4.79 Å². The molecule has 2 aliphatic rings. The van der Waals surface area contributed by atoms with E-state index in [0.29, 0.717) is 40.7 Å². The molecule has 2 saturated heterocycles. The Bertz CT molecular complexity index is 1020. The summed E-state index contributed by atoms with van der Waals surface area (Å²) < 4.78 is 0. The number of nitrogens with one attached hydrogen (secondary N) is 4. The molecule has 2 heterocycles. The maximum atomic E-state index is 12.6. The highest BCUT2D eigenvalue weighted by atomic mass is 35.5. The van der Waals surface area contributed by atoms with Gasteiger partial charge in [0.25, 0.3) is 5.91 Å². The Morgan fingerprint density at radius 1 is 1.11 bits per heavy atom. The molecule has 2 aromatic rings. The number of carbonyl (C=O) groups is 1. The standard InChI is InChI=1S/C27H35Cl2N5O/c1-19-18-34(15-14-30-19)26(17-24-4-2-3-12-31-24)33-23-9-6-21(7-10-23)27(35)32-13-11-20-5-8-22(28)16-25(20)29/h5-10,16-17,19,24,30-31,33H,2-4,11-15,18H2,1H3,(H,32,35)/b26-17-/t19-,24?/m0/s1. The van der Waals surface area contributed by atoms with E-state index in [1.165, 1.54) is 12.8 Å². The maximum absolute atomic E-state index is 12.6. The molecule has 188 valence electrons. The number of piperazine rings is 1. The molecule has 2 aliphatic heterocycles. The van der Waals surface area contributed by atoms with Crippen LogP contribution in [-0.4, -0.2) is 55.6 Å². The second-order valence-electron chi connectivity index (χ2n) is 9.35. The van der Waals surface area contributed by atoms with Crippen LogP contribution in [0, 0.1) is 0 Å². The van der Waals surface area contributed by atoms with Gasteiger partial charge < -0.3 is 26.2 Å². The Hall–Kier alpha value is -2.25. The third kappa shape index (κ3) is 7.61. The summed E-state index contributed by atoms with van der Waals surface area (Å²) in [4.78, 5) is 15.0. The van der Waals surface area contributed by atoms with Crippen molar-refractivity contribution in [1.29, 1.82) is 0 Å². The van der Waals surface area contributed by atoms with Crippen LogP contribution in [0.1, 0.15) is 42.1 Å². The third-order valence-electron chi connectivity index (χ3n) is 6.53. The van der Waals surface area contributed by atoms with Gasteiger partial charge in [-0.2, -0.15) is 0 Å². The lowest BCUT2D eigenvalue weighted by atomic mass is 10.0. The fraction of sp³-hybridized carbons (Fsp3) is 0.444. The number of anilines is 1. The van der Waals surface area contributed by atoms with E-state index in [4.69, 9.17) is 23.2 Å². The normalized spacial score (nSPS) is 21.0. The second kappa shape index (κ2) is 12.6. The van der Waals surface area contributed by atoms with Gasteiger partial charge in [0, 0.05) is 59.6 Å². The second-order valence-corrected chi connectivity index (χ2v) is 10.2. The molecule has 1 unspecified atom stereocenters. The maximum Gasteiger partial charge on any atom is 0.251 e. The number of amides is 1. The van der Waals surface area contributed by atoms with Crippen LogP contribution < -0.4 is 21.3 Å². The zero-order valence-corrected chi connectivity index (χ0v) is 21.8. The number of hydrogen-bond donors (Lipinski definition) is 4. The molecule has 0 spiro atoms. The summed E-state index contributed by atoms with van der Waals surface area (Å²) in [6.07, 6.45) is 6.64. The van der Waals surface area contributed by atoms with Gasteiger partial charge in [0.05, 0.1) is 0 Å². The molecular weight excluding hydrogens is 481 g/mol. The van der Waals surface area contributed by atoms with Crippen LogP contribution in [0.3, 0.4) is 0 Å². The topological polar surface area (TPSA) is 68.4 Å². The van der Waals surface area contributed by atoms with Crippen LogP contribution in [0.25, 0.3) is 0 Å². The lowest BCUT2D eigenvalue weighted by Gasteiger charge is -2.36. The summed E-state index contributed by atoms with van der Waals surface area (Å²) in [5.41, 5.74) is 2.57. The first-order valence-corrected chi connectivity index (χ1v) is 13.3. The zero-order chi connectivity index (χ0) is 24.6. The number of hydrogen-bond acceptors (Lipinski definition) is 5. The molecule has 0 radical (unpaired) electrons. The van der Waals surface area contributed by atoms with Crippen molar-refractivity contribution in [2.75, 3.05) is 38.0 Å². The largest absolute Gasteiger partial charge is 0.356 e. The highest BCUT2D eigenvalue weighted by molar-refractivity contribution is 6.35. The summed E-state index contributed by atoms with van der Waals surface area (Å²) >= 11 is 12.2. The number of carbonyl (C=O) groups excluding carboxylic acids is 1. The Morgan fingerprint density at radius 3 is 2.66 bits per heavy atom. The predicted molar refractivity (Wildman–Crippen MR) is 145 cm³/mol. The average molecular weight is 517 g/mol. The van der Waals surface area contributed by atoms with Gasteiger partial charge in [-0.3, -0.25) is 4.79 Å². The lowest BCUT2D eigenvalue weighted by Crippen LogP contribution is -2.50. The van der Waals surface area contributed by atoms with Gasteiger partial charge in [-0.15, -0.1) is 0 Å². The molecule has 1 amide bonds. The van der Waals surface area contributed by atoms with Crippen molar-refractivity contribution in [3.63, 3.8) is 0 Å². The minimum Gasteiger partial charge on any atom is -0.356 e. The van der Waals surface area contributed by atoms with Crippen molar-refractivity contribution >= 4 is 34.8 Å². The van der Waals surface area contributed by atoms with Gasteiger partial charge in [0.1, 0.15) is 5.82 Å². The molecule has 4 rings (SSSR count). The molecule has 0 aliphatic carbocycles. The molecule has 0 bridgehead atoms. The van der Waals surface area contributed by atoms with Crippen LogP contribution in [0.4, 0.5) is 5.69 Å². The summed E-state index contributed by atoms with van der Waals surface area (Å²) in [5.74, 6) is 1.04. The van der Waals surface area contributed by atoms with Gasteiger partial charge in [-0.05, 0) is 80.8 Å². The number of piperidine rings is 1. The van der Waals surface area contributed by atoms with Crippen molar-refractivity contribution in [3.05, 3.63) is 75.5 Å². The Morgan fingerprint density at radius 2 is 1.94 bits per heavy atom. The van der Waals surface area contributed by atoms with E-state index in [1.54, 1.807) is 6.07 Å². The molecule has 2 atom stereocenters. The van der Waals surface area contributed by atoms with Crippen LogP contribution in [0.2, 0.25) is 10.0 Å². The number of benzene rings is 2. The third-order valence-corrected chi connectivity index (χ3v) is 7.12. The first-order valence-electron chi connectivity index (χ1n) is 12.5. The fourth-order valence-electron chi connectivity index (χ4n) is 4.58. The highest BCUT2D eigenvalue weighted by Crippen LogP contribution is 2.21. The summed E-state index contributed by atoms with van der Waals surface area (Å²) in [5, 5.41) is 15.0. The van der Waals surface area contributed by atoms with E-state index in [0.717, 1.165) is 49.7 Å². The van der Waals surface area contributed by atoms with Crippen molar-refractivity contribution < 1.29 is 4.79 Å². The Kier molecular flexibility index (Phi) is 9.32. The summed E-state index contributed by atoms with van der Waals surface area (Å²) in [6.45, 7) is 6.69. The highest BCUT2D eigenvalue weighted by Gasteiger charge is 2.20. The van der Waals surface area contributed by atoms with Gasteiger partial charge in [0.2, 0.25) is 0 Å². The Labute approximate surface area is 218 Å². The van der Waals surface area contributed by atoms with Gasteiger partial charge in [-0.25, -0.2) is 0 Å². The minimum absolute atomic E-state index is 0.0975. The van der Waals surface area contributed by atoms with E-state index in [1.807, 2.05) is 36.4 Å². The lowest BCUT2D eigenvalue weighted by molar-refractivity contribution is 0.0954. The van der Waals surface area contributed by atoms with E-state index >= 15 is 0 Å². The quantitative estimate of drug-likeness (QED) is 0.411. The van der Waals surface area contributed by atoms with Crippen LogP contribution >= 0.6 is 23.2 Å². The van der Waals surface area contributed by atoms with Gasteiger partial charge in [0.15, 0.2) is 0 Å². The zero-order valence-electron chi connectivity index (χ0n) is 20.2. The molecule has 8 heteroatoms. The number of nitrogens with zero attached hydrogens (tertiary/aromatic N) is 1. The van der Waals surface area contributed by atoms with E-state index in [-0.39, 0.29) is 5.91 Å². The molecular formula is C27H35Cl2N5O. The van der Waals surface area contributed by atoms with E-state index in [2.05, 4.69) is 39.2 Å². The summed E-state index contributed by atoms with van der Waals surface area (Å²) in [7, 11) is 0. The van der Waals surface area contributed by atoms with Crippen molar-refractivity contribution in [2.45, 2.75) is 44.7 Å². The molecule has 0 aromatic heterocycles. The number of halogens is 2. The SMILES string of the molecule is C[C@H]1CN(/C(=C\C2CCCCN2)Nc2ccc(C(=O)NCCc3ccc(Cl)cc3Cl)cc2)CCN1. The summed E-state index contributed by atoms with van der Waals surface area (Å²) in [6, 6.07) is 13.9. The molecule has 6 nitrogen and oxygen atoms in total. The van der Waals surface area contributed by atoms with Crippen LogP contribution in [0.5, 0.6) is 0 Å².